The van der Waals surface area contributed by atoms with Gasteiger partial charge in [-0.3, -0.25) is 0 Å². The Morgan fingerprint density at radius 1 is 0.320 bits per heavy atom. The minimum Gasteiger partial charge on any atom is -0.246 e. The molecule has 0 bridgehead atoms. The van der Waals surface area contributed by atoms with Gasteiger partial charge in [-0.05, 0) is 120 Å². The van der Waals surface area contributed by atoms with Gasteiger partial charge in [0.05, 0.1) is 33.6 Å². The molecule has 0 unspecified atom stereocenters. The Hall–Kier alpha value is -5.35. The molecule has 0 atom stereocenters. The first-order valence-electron chi connectivity index (χ1n) is 15.6. The zero-order valence-corrected chi connectivity index (χ0v) is 28.4. The van der Waals surface area contributed by atoms with Crippen LogP contribution in [0, 0.1) is 23.3 Å². The average molecular weight is 702 g/mol. The molecule has 7 rings (SSSR count). The molecule has 3 nitrogen and oxygen atoms in total. The van der Waals surface area contributed by atoms with Gasteiger partial charge in [-0.1, -0.05) is 79.3 Å². The van der Waals surface area contributed by atoms with Crippen molar-refractivity contribution in [2.24, 2.45) is 0 Å². The second kappa shape index (κ2) is 13.5. The van der Waals surface area contributed by atoms with Crippen molar-refractivity contribution >= 4 is 58.5 Å². The van der Waals surface area contributed by atoms with Crippen LogP contribution in [-0.4, -0.2) is 27.6 Å². The Kier molecular flexibility index (Phi) is 8.96. The third-order valence-electron chi connectivity index (χ3n) is 8.59. The zero-order chi connectivity index (χ0) is 34.9. The average Bonchev–Trinajstić information content (AvgIpc) is 3.15. The Labute approximate surface area is 288 Å². The van der Waals surface area contributed by atoms with E-state index in [-0.39, 0.29) is 23.3 Å². The lowest BCUT2D eigenvalue weighted by molar-refractivity contribution is 0.627. The molecule has 0 aliphatic heterocycles. The molecule has 3 aromatic heterocycles. The van der Waals surface area contributed by atoms with Gasteiger partial charge < -0.3 is 0 Å². The lowest BCUT2D eigenvalue weighted by atomic mass is 10.2. The summed E-state index contributed by atoms with van der Waals surface area (Å²) >= 11 is 0. The Morgan fingerprint density at radius 3 is 0.840 bits per heavy atom. The molecule has 0 aliphatic rings. The smallest absolute Gasteiger partial charge is 0.123 e. The summed E-state index contributed by atoms with van der Waals surface area (Å²) < 4.78 is 55.9. The van der Waals surface area contributed by atoms with Crippen molar-refractivity contribution in [1.29, 1.82) is 0 Å². The van der Waals surface area contributed by atoms with Crippen LogP contribution in [0.4, 0.5) is 17.6 Å². The minimum atomic E-state index is -2.66. The topological polar surface area (TPSA) is 38.7 Å². The molecular formula is C41H29F4N3P2. The molecule has 0 fully saturated rings. The van der Waals surface area contributed by atoms with E-state index in [1.165, 1.54) is 48.5 Å². The summed E-state index contributed by atoms with van der Waals surface area (Å²) in [6, 6.07) is 41.6. The first-order chi connectivity index (χ1) is 24.1. The van der Waals surface area contributed by atoms with Crippen molar-refractivity contribution in [3.63, 3.8) is 0 Å². The highest BCUT2D eigenvalue weighted by atomic mass is 31.2. The third kappa shape index (κ3) is 6.27. The Morgan fingerprint density at radius 2 is 0.560 bits per heavy atom. The van der Waals surface area contributed by atoms with Crippen LogP contribution in [0.2, 0.25) is 0 Å². The van der Waals surface area contributed by atoms with E-state index in [0.29, 0.717) is 33.6 Å². The fraction of sp³-hybridized carbons (Fsp3) is 0. The van der Waals surface area contributed by atoms with E-state index in [4.69, 9.17) is 15.0 Å². The quantitative estimate of drug-likeness (QED) is 0.124. The van der Waals surface area contributed by atoms with Crippen molar-refractivity contribution in [2.45, 2.75) is 0 Å². The van der Waals surface area contributed by atoms with E-state index < -0.39 is 13.8 Å². The molecule has 246 valence electrons. The van der Waals surface area contributed by atoms with E-state index >= 15 is 0 Å². The van der Waals surface area contributed by atoms with E-state index in [1.54, 1.807) is 48.5 Å². The number of hydrogen-bond donors (Lipinski definition) is 0. The number of halogens is 4. The monoisotopic (exact) mass is 701 g/mol. The van der Waals surface area contributed by atoms with E-state index in [2.05, 4.69) is 12.6 Å². The summed E-state index contributed by atoms with van der Waals surface area (Å²) in [4.78, 5) is 15.1. The second-order valence-electron chi connectivity index (χ2n) is 11.7. The minimum absolute atomic E-state index is 0.367. The van der Waals surface area contributed by atoms with Gasteiger partial charge in [0, 0.05) is 0 Å². The normalized spacial score (nSPS) is 11.8. The van der Waals surface area contributed by atoms with Crippen LogP contribution in [0.25, 0.3) is 22.8 Å². The number of nitrogens with zero attached hydrogens (tertiary/aromatic N) is 3. The van der Waals surface area contributed by atoms with Crippen LogP contribution >= 0.6 is 13.8 Å². The summed E-state index contributed by atoms with van der Waals surface area (Å²) in [6.45, 7) is -5.32. The van der Waals surface area contributed by atoms with Crippen molar-refractivity contribution in [3.8, 4) is 22.8 Å². The molecule has 3 heterocycles. The highest BCUT2D eigenvalue weighted by Gasteiger charge is 2.26. The summed E-state index contributed by atoms with van der Waals surface area (Å²) in [5.74, 6) is -1.47. The van der Waals surface area contributed by atoms with E-state index in [9.17, 15) is 17.6 Å². The molecular weight excluding hydrogens is 672 g/mol. The fourth-order valence-electron chi connectivity index (χ4n) is 5.89. The molecule has 9 heteroatoms. The lowest BCUT2D eigenvalue weighted by Crippen LogP contribution is -2.28. The van der Waals surface area contributed by atoms with Gasteiger partial charge in [-0.15, -0.1) is 0 Å². The fourth-order valence-corrected chi connectivity index (χ4v) is 11.4. The van der Waals surface area contributed by atoms with Crippen LogP contribution in [-0.2, 0) is 0 Å². The van der Waals surface area contributed by atoms with Crippen LogP contribution < -0.4 is 32.1 Å². The SMILES string of the molecule is C=P(c1ccc(F)cc1)(c1ccc(F)cc1)c1cccc(-c2cccc(-c3cccc(P(=C)(c4ccc(F)cc4)c4ccc(F)cc4)n3)n2)n1. The molecule has 0 spiro atoms. The van der Waals surface area contributed by atoms with Crippen LogP contribution in [0.3, 0.4) is 0 Å². The standard InChI is InChI=1S/C41H29F4N3P2/c1-49(32-20-12-28(42)13-21-32,33-22-14-29(43)15-23-33)40-10-4-8-38(47-40)36-6-3-7-37(46-36)39-9-5-11-41(48-39)50(2,34-24-16-30(44)17-25-34)35-26-18-31(45)19-27-35/h3-27H,1-2H2. The van der Waals surface area contributed by atoms with Gasteiger partial charge in [0.25, 0.3) is 0 Å². The number of pyridine rings is 3. The first-order valence-corrected chi connectivity index (χ1v) is 19.5. The summed E-state index contributed by atoms with van der Waals surface area (Å²) in [6.07, 6.45) is 9.32. The largest absolute Gasteiger partial charge is 0.246 e. The van der Waals surface area contributed by atoms with Crippen LogP contribution in [0.15, 0.2) is 152 Å². The highest BCUT2D eigenvalue weighted by Crippen LogP contribution is 2.43. The van der Waals surface area contributed by atoms with E-state index in [0.717, 1.165) is 21.2 Å². The molecule has 0 N–H and O–H groups in total. The molecule has 0 aliphatic carbocycles. The summed E-state index contributed by atoms with van der Waals surface area (Å²) in [5.41, 5.74) is 3.71. The van der Waals surface area contributed by atoms with Crippen molar-refractivity contribution < 1.29 is 17.6 Å². The van der Waals surface area contributed by atoms with Gasteiger partial charge in [0.2, 0.25) is 0 Å². The molecule has 0 radical (unpaired) electrons. The van der Waals surface area contributed by atoms with Gasteiger partial charge in [0.15, 0.2) is 0 Å². The number of rotatable bonds is 8. The molecule has 0 amide bonds. The first kappa shape index (κ1) is 33.2. The summed E-state index contributed by atoms with van der Waals surface area (Å²) in [7, 11) is 0. The van der Waals surface area contributed by atoms with Crippen LogP contribution in [0.5, 0.6) is 0 Å². The molecule has 50 heavy (non-hydrogen) atoms. The zero-order valence-electron chi connectivity index (χ0n) is 26.6. The number of aromatic nitrogens is 3. The predicted molar refractivity (Wildman–Crippen MR) is 202 cm³/mol. The molecule has 0 saturated heterocycles. The molecule has 4 aromatic carbocycles. The maximum absolute atomic E-state index is 14.0. The van der Waals surface area contributed by atoms with Gasteiger partial charge in [-0.25, -0.2) is 32.5 Å². The molecule has 7 aromatic rings. The molecule has 0 saturated carbocycles. The summed E-state index contributed by atoms with van der Waals surface area (Å²) in [5, 5.41) is 3.17. The third-order valence-corrected chi connectivity index (χ3v) is 15.4. The van der Waals surface area contributed by atoms with Gasteiger partial charge in [0.1, 0.15) is 23.3 Å². The van der Waals surface area contributed by atoms with Crippen LogP contribution in [0.1, 0.15) is 0 Å². The number of benzene rings is 4. The highest BCUT2D eigenvalue weighted by molar-refractivity contribution is 7.93. The Balaban J connectivity index is 1.31. The maximum atomic E-state index is 14.0. The lowest BCUT2D eigenvalue weighted by Gasteiger charge is -2.26. The maximum Gasteiger partial charge on any atom is 0.123 e. The van der Waals surface area contributed by atoms with Crippen molar-refractivity contribution in [2.75, 3.05) is 0 Å². The second-order valence-corrected chi connectivity index (χ2v) is 17.9. The van der Waals surface area contributed by atoms with Gasteiger partial charge in [-0.2, -0.15) is 0 Å². The predicted octanol–water partition coefficient (Wildman–Crippen LogP) is 7.21. The van der Waals surface area contributed by atoms with Crippen molar-refractivity contribution in [3.05, 3.63) is 175 Å². The number of hydrogen-bond acceptors (Lipinski definition) is 3. The van der Waals surface area contributed by atoms with Gasteiger partial charge >= 0.3 is 0 Å². The van der Waals surface area contributed by atoms with Crippen molar-refractivity contribution in [1.82, 2.24) is 15.0 Å². The van der Waals surface area contributed by atoms with E-state index in [1.807, 2.05) is 54.6 Å². The Bertz CT molecular complexity index is 2150.